The summed E-state index contributed by atoms with van der Waals surface area (Å²) >= 11 is 0. The Morgan fingerprint density at radius 1 is 1.12 bits per heavy atom. The van der Waals surface area contributed by atoms with E-state index in [1.165, 1.54) is 0 Å². The van der Waals surface area contributed by atoms with Gasteiger partial charge in [0.15, 0.2) is 12.1 Å². The van der Waals surface area contributed by atoms with Crippen LogP contribution < -0.4 is 0 Å². The van der Waals surface area contributed by atoms with Gasteiger partial charge in [-0.3, -0.25) is 4.79 Å². The van der Waals surface area contributed by atoms with Crippen LogP contribution in [0.4, 0.5) is 0 Å². The molecule has 1 spiro atoms. The minimum atomic E-state index is -1.06. The number of ether oxygens (including phenoxy) is 2. The molecule has 3 N–H and O–H groups in total. The zero-order valence-corrected chi connectivity index (χ0v) is 21.1. The third-order valence-corrected chi connectivity index (χ3v) is 11.8. The van der Waals surface area contributed by atoms with Gasteiger partial charge in [0.2, 0.25) is 0 Å². The predicted molar refractivity (Wildman–Crippen MR) is 126 cm³/mol. The number of epoxide rings is 1. The Labute approximate surface area is 202 Å². The van der Waals surface area contributed by atoms with Crippen molar-refractivity contribution in [3.05, 3.63) is 23.3 Å². The van der Waals surface area contributed by atoms with E-state index in [2.05, 4.69) is 6.92 Å². The van der Waals surface area contributed by atoms with E-state index in [1.807, 2.05) is 27.7 Å². The van der Waals surface area contributed by atoms with E-state index in [0.717, 1.165) is 43.3 Å². The minimum Gasteiger partial charge on any atom is -0.387 e. The predicted octanol–water partition coefficient (Wildman–Crippen LogP) is 3.29. The van der Waals surface area contributed by atoms with Crippen molar-refractivity contribution in [1.29, 1.82) is 0 Å². The van der Waals surface area contributed by atoms with Crippen LogP contribution in [-0.2, 0) is 14.3 Å². The molecule has 6 rings (SSSR count). The first-order valence-electron chi connectivity index (χ1n) is 13.2. The molecule has 2 heterocycles. The quantitative estimate of drug-likeness (QED) is 0.421. The summed E-state index contributed by atoms with van der Waals surface area (Å²) in [7, 11) is 0. The highest BCUT2D eigenvalue weighted by Gasteiger charge is 2.80. The van der Waals surface area contributed by atoms with Crippen LogP contribution in [0.2, 0.25) is 0 Å². The summed E-state index contributed by atoms with van der Waals surface area (Å²) in [5, 5.41) is 33.2. The molecule has 34 heavy (non-hydrogen) atoms. The van der Waals surface area contributed by atoms with Crippen LogP contribution in [0.15, 0.2) is 23.3 Å². The number of ketones is 1. The average Bonchev–Trinajstić information content (AvgIpc) is 3.40. The normalized spacial score (nSPS) is 55.7. The van der Waals surface area contributed by atoms with Gasteiger partial charge < -0.3 is 24.8 Å². The van der Waals surface area contributed by atoms with Gasteiger partial charge in [0, 0.05) is 0 Å². The molecule has 0 aromatic carbocycles. The Hall–Kier alpha value is -1.05. The standard InChI is InChI=1S/C28H40O6/c1-14-12-22(33-24(31)15(14)2)27(5,32)19-7-6-17-16-13-23-28(34-23)21(30)9-8-20(29)26(28,4)18(16)10-11-25(17,19)3/h8-9,16-19,21-24,30-32H,6-7,10-13H2,1-5H3/t16-,17-,18-,19?,21-,22+,23+,24?,25-,26-,27+,28+/m0/s1. The monoisotopic (exact) mass is 472 g/mol. The van der Waals surface area contributed by atoms with Gasteiger partial charge in [-0.15, -0.1) is 0 Å². The lowest BCUT2D eigenvalue weighted by molar-refractivity contribution is -0.215. The molecule has 2 unspecified atom stereocenters. The van der Waals surface area contributed by atoms with Crippen molar-refractivity contribution in [1.82, 2.24) is 0 Å². The second kappa shape index (κ2) is 7.04. The molecule has 0 aromatic rings. The number of hydrogen-bond donors (Lipinski definition) is 3. The summed E-state index contributed by atoms with van der Waals surface area (Å²) in [6.07, 6.45) is 6.30. The molecule has 6 nitrogen and oxygen atoms in total. The van der Waals surface area contributed by atoms with Gasteiger partial charge in [0.05, 0.1) is 23.2 Å². The van der Waals surface area contributed by atoms with Crippen LogP contribution in [0.5, 0.6) is 0 Å². The third kappa shape index (κ3) is 2.62. The van der Waals surface area contributed by atoms with Gasteiger partial charge in [-0.2, -0.15) is 0 Å². The molecule has 0 radical (unpaired) electrons. The highest BCUT2D eigenvalue weighted by Crippen LogP contribution is 2.73. The molecule has 0 aromatic heterocycles. The largest absolute Gasteiger partial charge is 0.387 e. The highest BCUT2D eigenvalue weighted by molar-refractivity contribution is 5.98. The van der Waals surface area contributed by atoms with E-state index in [-0.39, 0.29) is 29.1 Å². The fourth-order valence-electron chi connectivity index (χ4n) is 9.67. The second-order valence-corrected chi connectivity index (χ2v) is 12.9. The first-order valence-corrected chi connectivity index (χ1v) is 13.2. The van der Waals surface area contributed by atoms with Crippen LogP contribution in [-0.4, -0.2) is 56.9 Å². The van der Waals surface area contributed by atoms with Crippen molar-refractivity contribution in [2.45, 2.75) is 109 Å². The van der Waals surface area contributed by atoms with Crippen molar-refractivity contribution in [3.63, 3.8) is 0 Å². The molecule has 6 aliphatic rings. The van der Waals surface area contributed by atoms with Gasteiger partial charge in [0.25, 0.3) is 0 Å². The topological polar surface area (TPSA) is 99.5 Å². The molecule has 6 heteroatoms. The van der Waals surface area contributed by atoms with Crippen LogP contribution >= 0.6 is 0 Å². The van der Waals surface area contributed by atoms with Crippen molar-refractivity contribution in [2.24, 2.45) is 34.5 Å². The van der Waals surface area contributed by atoms with Crippen molar-refractivity contribution < 1.29 is 29.6 Å². The highest BCUT2D eigenvalue weighted by atomic mass is 16.6. The molecular weight excluding hydrogens is 432 g/mol. The van der Waals surface area contributed by atoms with E-state index in [9.17, 15) is 20.1 Å². The first kappa shape index (κ1) is 23.4. The summed E-state index contributed by atoms with van der Waals surface area (Å²) in [5.74, 6) is 1.07. The first-order chi connectivity index (χ1) is 15.9. The molecule has 2 aliphatic heterocycles. The molecule has 3 saturated carbocycles. The summed E-state index contributed by atoms with van der Waals surface area (Å²) in [5.41, 5.74) is -0.618. The Morgan fingerprint density at radius 2 is 1.85 bits per heavy atom. The summed E-state index contributed by atoms with van der Waals surface area (Å²) in [4.78, 5) is 13.3. The fraction of sp³-hybridized carbons (Fsp3) is 0.821. The van der Waals surface area contributed by atoms with E-state index in [0.29, 0.717) is 18.3 Å². The van der Waals surface area contributed by atoms with E-state index in [1.54, 1.807) is 12.2 Å². The second-order valence-electron chi connectivity index (χ2n) is 12.9. The molecule has 0 bridgehead atoms. The molecule has 4 fully saturated rings. The van der Waals surface area contributed by atoms with Crippen molar-refractivity contribution in [3.8, 4) is 0 Å². The lowest BCUT2D eigenvalue weighted by atomic mass is 9.44. The third-order valence-electron chi connectivity index (χ3n) is 11.8. The minimum absolute atomic E-state index is 0.0570. The Bertz CT molecular complexity index is 983. The van der Waals surface area contributed by atoms with Crippen LogP contribution in [0, 0.1) is 34.5 Å². The number of aliphatic hydroxyl groups is 3. The maximum absolute atomic E-state index is 13.3. The van der Waals surface area contributed by atoms with Gasteiger partial charge >= 0.3 is 0 Å². The van der Waals surface area contributed by atoms with Gasteiger partial charge in [-0.25, -0.2) is 0 Å². The number of carbonyl (C=O) groups is 1. The zero-order chi connectivity index (χ0) is 24.4. The number of carbonyl (C=O) groups excluding carboxylic acids is 1. The summed E-state index contributed by atoms with van der Waals surface area (Å²) < 4.78 is 12.2. The smallest absolute Gasteiger partial charge is 0.177 e. The van der Waals surface area contributed by atoms with Crippen molar-refractivity contribution in [2.75, 3.05) is 0 Å². The van der Waals surface area contributed by atoms with E-state index < -0.39 is 35.1 Å². The van der Waals surface area contributed by atoms with Crippen LogP contribution in [0.3, 0.4) is 0 Å². The lowest BCUT2D eigenvalue weighted by Crippen LogP contribution is -2.64. The fourth-order valence-corrected chi connectivity index (χ4v) is 9.67. The van der Waals surface area contributed by atoms with Gasteiger partial charge in [-0.1, -0.05) is 12.5 Å². The number of aliphatic hydroxyl groups excluding tert-OH is 2. The molecule has 12 atom stereocenters. The number of fused-ring (bicyclic) bond motifs is 4. The summed E-state index contributed by atoms with van der Waals surface area (Å²) in [6, 6.07) is 0. The van der Waals surface area contributed by atoms with E-state index in [4.69, 9.17) is 9.47 Å². The maximum Gasteiger partial charge on any atom is 0.177 e. The average molecular weight is 473 g/mol. The zero-order valence-electron chi connectivity index (χ0n) is 21.1. The number of allylic oxidation sites excluding steroid dienone is 1. The lowest BCUT2D eigenvalue weighted by Gasteiger charge is -2.59. The molecule has 1 saturated heterocycles. The molecular formula is C28H40O6. The summed E-state index contributed by atoms with van der Waals surface area (Å²) in [6.45, 7) is 10.2. The van der Waals surface area contributed by atoms with Gasteiger partial charge in [-0.05, 0) is 113 Å². The molecule has 188 valence electrons. The number of hydrogen-bond acceptors (Lipinski definition) is 6. The SMILES string of the molecule is CC1=C(C)C(O)O[C@@H]([C@](C)(O)C2CC[C@H]3[C@@H]4C[C@H]5O[C@]56[C@@H](O)C=CC(=O)[C@]6(C)[C@H]4CC[C@]23C)C1. The molecule has 4 aliphatic carbocycles. The number of rotatable bonds is 2. The Balaban J connectivity index is 1.31. The van der Waals surface area contributed by atoms with Crippen LogP contribution in [0.1, 0.15) is 73.1 Å². The Kier molecular flexibility index (Phi) is 4.83. The van der Waals surface area contributed by atoms with Crippen molar-refractivity contribution >= 4 is 5.78 Å². The van der Waals surface area contributed by atoms with E-state index >= 15 is 0 Å². The molecule has 0 amide bonds. The van der Waals surface area contributed by atoms with Crippen LogP contribution in [0.25, 0.3) is 0 Å². The van der Waals surface area contributed by atoms with Gasteiger partial charge in [0.1, 0.15) is 11.7 Å². The Morgan fingerprint density at radius 3 is 2.56 bits per heavy atom. The maximum atomic E-state index is 13.3.